The number of nitrogens with one attached hydrogen (secondary N) is 1. The number of hydrogen-bond donors (Lipinski definition) is 1. The van der Waals surface area contributed by atoms with Crippen molar-refractivity contribution < 1.29 is 14.3 Å². The molecule has 4 nitrogen and oxygen atoms in total. The first-order valence-electron chi connectivity index (χ1n) is 6.03. The second-order valence-corrected chi connectivity index (χ2v) is 4.70. The van der Waals surface area contributed by atoms with Crippen LogP contribution in [0.25, 0.3) is 0 Å². The molecule has 2 rings (SSSR count). The minimum absolute atomic E-state index is 0.309. The highest BCUT2D eigenvalue weighted by Crippen LogP contribution is 2.36. The summed E-state index contributed by atoms with van der Waals surface area (Å²) in [5.41, 5.74) is 3.70. The fraction of sp³-hybridized carbons (Fsp3) is 0.538. The molecule has 1 fully saturated rings. The summed E-state index contributed by atoms with van der Waals surface area (Å²) in [7, 11) is 3.19. The van der Waals surface area contributed by atoms with Gasteiger partial charge in [0.1, 0.15) is 0 Å². The average Bonchev–Trinajstić information content (AvgIpc) is 2.33. The van der Waals surface area contributed by atoms with Crippen LogP contribution in [0.4, 0.5) is 0 Å². The molecule has 0 amide bonds. The molecule has 0 radical (unpaired) electrons. The van der Waals surface area contributed by atoms with E-state index in [2.05, 4.69) is 5.48 Å². The molecule has 0 aromatic heterocycles. The zero-order valence-corrected chi connectivity index (χ0v) is 11.4. The Labute approximate surface area is 112 Å². The Hall–Kier alpha value is -0.970. The third-order valence-corrected chi connectivity index (χ3v) is 3.44. The maximum absolute atomic E-state index is 6.17. The van der Waals surface area contributed by atoms with Gasteiger partial charge in [-0.3, -0.25) is 0 Å². The molecule has 0 atom stereocenters. The van der Waals surface area contributed by atoms with Crippen LogP contribution in [0.5, 0.6) is 11.5 Å². The number of methoxy groups -OCH3 is 1. The number of rotatable bonds is 6. The van der Waals surface area contributed by atoms with Crippen LogP contribution < -0.4 is 15.0 Å². The lowest BCUT2D eigenvalue weighted by atomic mass is 9.96. The van der Waals surface area contributed by atoms with Gasteiger partial charge in [0.25, 0.3) is 0 Å². The highest BCUT2D eigenvalue weighted by atomic mass is 35.5. The molecule has 1 aliphatic rings. The van der Waals surface area contributed by atoms with Crippen LogP contribution in [0.1, 0.15) is 24.8 Å². The fourth-order valence-corrected chi connectivity index (χ4v) is 2.00. The van der Waals surface area contributed by atoms with E-state index in [0.717, 1.165) is 24.2 Å². The van der Waals surface area contributed by atoms with Crippen LogP contribution >= 0.6 is 11.6 Å². The molecule has 0 saturated heterocycles. The van der Waals surface area contributed by atoms with Crippen LogP contribution in [0.15, 0.2) is 12.1 Å². The molecule has 0 heterocycles. The topological polar surface area (TPSA) is 39.7 Å². The summed E-state index contributed by atoms with van der Waals surface area (Å²) >= 11 is 6.17. The number of benzene rings is 1. The van der Waals surface area contributed by atoms with Gasteiger partial charge in [-0.1, -0.05) is 11.6 Å². The van der Waals surface area contributed by atoms with Crippen molar-refractivity contribution >= 4 is 11.6 Å². The third-order valence-electron chi connectivity index (χ3n) is 3.09. The van der Waals surface area contributed by atoms with Crippen LogP contribution in [-0.4, -0.2) is 20.3 Å². The van der Waals surface area contributed by atoms with E-state index in [4.69, 9.17) is 25.9 Å². The minimum atomic E-state index is 0.309. The fourth-order valence-electron chi connectivity index (χ4n) is 1.78. The summed E-state index contributed by atoms with van der Waals surface area (Å²) in [6.07, 6.45) is 3.76. The Morgan fingerprint density at radius 1 is 1.28 bits per heavy atom. The zero-order valence-electron chi connectivity index (χ0n) is 10.7. The molecule has 1 aromatic rings. The van der Waals surface area contributed by atoms with Gasteiger partial charge >= 0.3 is 0 Å². The number of halogens is 1. The Bertz CT molecular complexity index is 407. The third kappa shape index (κ3) is 3.07. The van der Waals surface area contributed by atoms with Crippen molar-refractivity contribution in [1.82, 2.24) is 5.48 Å². The quantitative estimate of drug-likeness (QED) is 0.808. The van der Waals surface area contributed by atoms with Crippen LogP contribution in [0.3, 0.4) is 0 Å². The van der Waals surface area contributed by atoms with E-state index in [9.17, 15) is 0 Å². The van der Waals surface area contributed by atoms with Crippen molar-refractivity contribution in [1.29, 1.82) is 0 Å². The molecule has 18 heavy (non-hydrogen) atoms. The zero-order chi connectivity index (χ0) is 13.0. The molecular formula is C13H18ClNO3. The second kappa shape index (κ2) is 6.27. The highest BCUT2D eigenvalue weighted by molar-refractivity contribution is 6.31. The summed E-state index contributed by atoms with van der Waals surface area (Å²) in [6, 6.07) is 3.69. The predicted octanol–water partition coefficient (Wildman–Crippen LogP) is 2.93. The summed E-state index contributed by atoms with van der Waals surface area (Å²) < 4.78 is 11.2. The summed E-state index contributed by atoms with van der Waals surface area (Å²) in [6.45, 7) is 0.528. The van der Waals surface area contributed by atoms with Gasteiger partial charge in [-0.05, 0) is 30.9 Å². The van der Waals surface area contributed by atoms with Crippen LogP contribution in [0, 0.1) is 0 Å². The standard InChI is InChI=1S/C13H18ClNO3/c1-16-12-7-11(14)9(8-15-17-2)6-13(12)18-10-4-3-5-10/h6-7,10,15H,3-5,8H2,1-2H3. The van der Waals surface area contributed by atoms with Crippen molar-refractivity contribution in [3.8, 4) is 11.5 Å². The molecule has 100 valence electrons. The lowest BCUT2D eigenvalue weighted by Gasteiger charge is -2.27. The largest absolute Gasteiger partial charge is 0.493 e. The molecule has 1 saturated carbocycles. The Morgan fingerprint density at radius 3 is 2.61 bits per heavy atom. The SMILES string of the molecule is CONCc1cc(OC2CCC2)c(OC)cc1Cl. The van der Waals surface area contributed by atoms with E-state index < -0.39 is 0 Å². The van der Waals surface area contributed by atoms with Gasteiger partial charge in [-0.25, -0.2) is 0 Å². The molecule has 1 aliphatic carbocycles. The summed E-state index contributed by atoms with van der Waals surface area (Å²) in [5.74, 6) is 1.42. The normalized spacial score (nSPS) is 15.3. The Morgan fingerprint density at radius 2 is 2.06 bits per heavy atom. The van der Waals surface area contributed by atoms with E-state index in [1.165, 1.54) is 6.42 Å². The van der Waals surface area contributed by atoms with Crippen molar-refractivity contribution in [2.75, 3.05) is 14.2 Å². The summed E-state index contributed by atoms with van der Waals surface area (Å²) in [5, 5.41) is 0.636. The number of hydrogen-bond acceptors (Lipinski definition) is 4. The van der Waals surface area contributed by atoms with Gasteiger partial charge in [0.05, 0.1) is 20.3 Å². The van der Waals surface area contributed by atoms with Gasteiger partial charge in [0.15, 0.2) is 11.5 Å². The van der Waals surface area contributed by atoms with Gasteiger partial charge in [-0.15, -0.1) is 0 Å². The second-order valence-electron chi connectivity index (χ2n) is 4.29. The Balaban J connectivity index is 2.17. The van der Waals surface area contributed by atoms with Gasteiger partial charge < -0.3 is 14.3 Å². The van der Waals surface area contributed by atoms with E-state index >= 15 is 0 Å². The van der Waals surface area contributed by atoms with Gasteiger partial charge in [0.2, 0.25) is 0 Å². The molecule has 5 heteroatoms. The minimum Gasteiger partial charge on any atom is -0.493 e. The molecule has 0 spiro atoms. The maximum atomic E-state index is 6.17. The number of ether oxygens (including phenoxy) is 2. The first kappa shape index (κ1) is 13.5. The van der Waals surface area contributed by atoms with Gasteiger partial charge in [0, 0.05) is 17.6 Å². The van der Waals surface area contributed by atoms with Crippen LogP contribution in [-0.2, 0) is 11.4 Å². The van der Waals surface area contributed by atoms with Crippen LogP contribution in [0.2, 0.25) is 5.02 Å². The average molecular weight is 272 g/mol. The smallest absolute Gasteiger partial charge is 0.162 e. The monoisotopic (exact) mass is 271 g/mol. The number of hydroxylamine groups is 1. The van der Waals surface area contributed by atoms with Crippen molar-refractivity contribution in [3.05, 3.63) is 22.7 Å². The molecule has 0 bridgehead atoms. The molecular weight excluding hydrogens is 254 g/mol. The highest BCUT2D eigenvalue weighted by Gasteiger charge is 2.21. The first-order chi connectivity index (χ1) is 8.74. The Kier molecular flexibility index (Phi) is 4.69. The first-order valence-corrected chi connectivity index (χ1v) is 6.41. The van der Waals surface area contributed by atoms with E-state index in [-0.39, 0.29) is 0 Å². The molecule has 1 aromatic carbocycles. The van der Waals surface area contributed by atoms with Gasteiger partial charge in [-0.2, -0.15) is 5.48 Å². The van der Waals surface area contributed by atoms with Crippen molar-refractivity contribution in [2.24, 2.45) is 0 Å². The maximum Gasteiger partial charge on any atom is 0.162 e. The molecule has 1 N–H and O–H groups in total. The summed E-state index contributed by atoms with van der Waals surface area (Å²) in [4.78, 5) is 4.83. The predicted molar refractivity (Wildman–Crippen MR) is 70.1 cm³/mol. The molecule has 0 unspecified atom stereocenters. The lowest BCUT2D eigenvalue weighted by Crippen LogP contribution is -2.25. The molecule has 0 aliphatic heterocycles. The van der Waals surface area contributed by atoms with Crippen molar-refractivity contribution in [3.63, 3.8) is 0 Å². The van der Waals surface area contributed by atoms with E-state index in [1.54, 1.807) is 20.3 Å². The lowest BCUT2D eigenvalue weighted by molar-refractivity contribution is 0.0863. The van der Waals surface area contributed by atoms with E-state index in [1.807, 2.05) is 6.07 Å². The van der Waals surface area contributed by atoms with E-state index in [0.29, 0.717) is 23.4 Å². The van der Waals surface area contributed by atoms with Crippen molar-refractivity contribution in [2.45, 2.75) is 31.9 Å².